The summed E-state index contributed by atoms with van der Waals surface area (Å²) in [5.41, 5.74) is 0.806. The van der Waals surface area contributed by atoms with E-state index in [1.165, 1.54) is 18.6 Å². The number of ketones is 1. The minimum atomic E-state index is -0.226. The number of halogens is 2. The molecular formula is C10H5Cl2NO2S. The van der Waals surface area contributed by atoms with Gasteiger partial charge in [0.05, 0.1) is 12.5 Å². The maximum absolute atomic E-state index is 11.7. The van der Waals surface area contributed by atoms with Gasteiger partial charge in [0.2, 0.25) is 0 Å². The Balaban J connectivity index is 2.18. The van der Waals surface area contributed by atoms with E-state index in [0.29, 0.717) is 4.88 Å². The molecular weight excluding hydrogens is 269 g/mol. The predicted octanol–water partition coefficient (Wildman–Crippen LogP) is 3.94. The molecule has 0 aliphatic carbocycles. The number of carbonyl (C=O) groups excluding carboxylic acids is 1. The van der Waals surface area contributed by atoms with E-state index in [4.69, 9.17) is 27.6 Å². The molecule has 2 aromatic heterocycles. The lowest BCUT2D eigenvalue weighted by Crippen LogP contribution is -1.90. The van der Waals surface area contributed by atoms with Crippen molar-refractivity contribution in [1.82, 2.24) is 4.37 Å². The average Bonchev–Trinajstić information content (AvgIpc) is 2.88. The molecule has 0 spiro atoms. The van der Waals surface area contributed by atoms with Gasteiger partial charge in [-0.2, -0.15) is 4.37 Å². The van der Waals surface area contributed by atoms with Crippen LogP contribution in [0.15, 0.2) is 29.1 Å². The monoisotopic (exact) mass is 273 g/mol. The molecule has 0 saturated heterocycles. The largest absolute Gasteiger partial charge is 0.472 e. The first-order valence-electron chi connectivity index (χ1n) is 4.24. The van der Waals surface area contributed by atoms with Crippen LogP contribution in [0, 0.1) is 0 Å². The summed E-state index contributed by atoms with van der Waals surface area (Å²) in [5, 5.41) is 0.361. The van der Waals surface area contributed by atoms with Crippen molar-refractivity contribution in [2.45, 2.75) is 0 Å². The minimum Gasteiger partial charge on any atom is -0.472 e. The zero-order valence-electron chi connectivity index (χ0n) is 7.81. The number of aromatic nitrogens is 1. The maximum atomic E-state index is 11.7. The summed E-state index contributed by atoms with van der Waals surface area (Å²) in [6, 6.07) is 1.74. The van der Waals surface area contributed by atoms with Gasteiger partial charge in [0.15, 0.2) is 10.9 Å². The molecule has 0 N–H and O–H groups in total. The highest BCUT2D eigenvalue weighted by Crippen LogP contribution is 2.29. The van der Waals surface area contributed by atoms with Gasteiger partial charge in [-0.05, 0) is 29.8 Å². The third-order valence-corrected chi connectivity index (χ3v) is 3.60. The van der Waals surface area contributed by atoms with E-state index >= 15 is 0 Å². The molecule has 0 atom stereocenters. The summed E-state index contributed by atoms with van der Waals surface area (Å²) in [4.78, 5) is 12.0. The summed E-state index contributed by atoms with van der Waals surface area (Å²) < 4.78 is 8.65. The number of nitrogens with zero attached hydrogens (tertiary/aromatic N) is 1. The summed E-state index contributed by atoms with van der Waals surface area (Å²) in [5.74, 6) is -0.226. The second kappa shape index (κ2) is 4.82. The SMILES string of the molecule is O=C(/C=C/c1ccoc1)c1snc(Cl)c1Cl. The summed E-state index contributed by atoms with van der Waals surface area (Å²) >= 11 is 12.4. The molecule has 82 valence electrons. The van der Waals surface area contributed by atoms with Gasteiger partial charge in [0, 0.05) is 5.56 Å². The molecule has 16 heavy (non-hydrogen) atoms. The second-order valence-electron chi connectivity index (χ2n) is 2.87. The van der Waals surface area contributed by atoms with E-state index in [9.17, 15) is 4.79 Å². The van der Waals surface area contributed by atoms with E-state index in [-0.39, 0.29) is 16.0 Å². The number of allylic oxidation sites excluding steroid dienone is 1. The fourth-order valence-corrected chi connectivity index (χ4v) is 2.17. The molecule has 0 radical (unpaired) electrons. The van der Waals surface area contributed by atoms with E-state index in [1.807, 2.05) is 0 Å². The summed E-state index contributed by atoms with van der Waals surface area (Å²) in [6.45, 7) is 0. The Labute approximate surface area is 105 Å². The fraction of sp³-hybridized carbons (Fsp3) is 0. The molecule has 0 bridgehead atoms. The quantitative estimate of drug-likeness (QED) is 0.629. The van der Waals surface area contributed by atoms with Gasteiger partial charge in [0.25, 0.3) is 0 Å². The van der Waals surface area contributed by atoms with Gasteiger partial charge in [-0.3, -0.25) is 4.79 Å². The van der Waals surface area contributed by atoms with E-state index in [1.54, 1.807) is 12.1 Å². The summed E-state index contributed by atoms with van der Waals surface area (Å²) in [6.07, 6.45) is 6.10. The lowest BCUT2D eigenvalue weighted by molar-refractivity contribution is 0.105. The topological polar surface area (TPSA) is 43.1 Å². The highest BCUT2D eigenvalue weighted by atomic mass is 35.5. The number of hydrogen-bond acceptors (Lipinski definition) is 4. The van der Waals surface area contributed by atoms with E-state index in [0.717, 1.165) is 17.1 Å². The van der Waals surface area contributed by atoms with Crippen molar-refractivity contribution < 1.29 is 9.21 Å². The van der Waals surface area contributed by atoms with Crippen LogP contribution in [0.25, 0.3) is 6.08 Å². The molecule has 0 aliphatic rings. The van der Waals surface area contributed by atoms with Crippen molar-refractivity contribution in [2.75, 3.05) is 0 Å². The van der Waals surface area contributed by atoms with Crippen LogP contribution in [0.4, 0.5) is 0 Å². The van der Waals surface area contributed by atoms with Gasteiger partial charge in [-0.15, -0.1) is 0 Å². The summed E-state index contributed by atoms with van der Waals surface area (Å²) in [7, 11) is 0. The van der Waals surface area contributed by atoms with Crippen molar-refractivity contribution >= 4 is 46.6 Å². The van der Waals surface area contributed by atoms with Gasteiger partial charge in [-0.25, -0.2) is 0 Å². The third-order valence-electron chi connectivity index (χ3n) is 1.79. The van der Waals surface area contributed by atoms with Gasteiger partial charge >= 0.3 is 0 Å². The molecule has 2 aromatic rings. The molecule has 2 rings (SSSR count). The maximum Gasteiger partial charge on any atom is 0.198 e. The molecule has 0 saturated carbocycles. The van der Waals surface area contributed by atoms with Crippen LogP contribution in [0.5, 0.6) is 0 Å². The van der Waals surface area contributed by atoms with Crippen LogP contribution < -0.4 is 0 Å². The lowest BCUT2D eigenvalue weighted by atomic mass is 10.2. The highest BCUT2D eigenvalue weighted by molar-refractivity contribution is 7.09. The number of furan rings is 1. The third kappa shape index (κ3) is 2.35. The second-order valence-corrected chi connectivity index (χ2v) is 4.38. The zero-order valence-corrected chi connectivity index (χ0v) is 10.1. The zero-order chi connectivity index (χ0) is 11.5. The first-order valence-corrected chi connectivity index (χ1v) is 5.76. The molecule has 0 amide bonds. The highest BCUT2D eigenvalue weighted by Gasteiger charge is 2.14. The lowest BCUT2D eigenvalue weighted by Gasteiger charge is -1.89. The molecule has 2 heterocycles. The minimum absolute atomic E-state index is 0.159. The van der Waals surface area contributed by atoms with Gasteiger partial charge in [0.1, 0.15) is 9.90 Å². The van der Waals surface area contributed by atoms with Crippen LogP contribution in [0.2, 0.25) is 10.2 Å². The van der Waals surface area contributed by atoms with Crippen LogP contribution >= 0.6 is 34.7 Å². The van der Waals surface area contributed by atoms with Crippen LogP contribution in [-0.4, -0.2) is 10.2 Å². The van der Waals surface area contributed by atoms with Crippen molar-refractivity contribution in [3.05, 3.63) is 45.3 Å². The first-order chi connectivity index (χ1) is 7.68. The van der Waals surface area contributed by atoms with Gasteiger partial charge in [-0.1, -0.05) is 23.2 Å². The Morgan fingerprint density at radius 1 is 1.50 bits per heavy atom. The smallest absolute Gasteiger partial charge is 0.198 e. The van der Waals surface area contributed by atoms with Crippen LogP contribution in [-0.2, 0) is 0 Å². The van der Waals surface area contributed by atoms with Gasteiger partial charge < -0.3 is 4.42 Å². The Morgan fingerprint density at radius 2 is 2.31 bits per heavy atom. The molecule has 0 unspecified atom stereocenters. The van der Waals surface area contributed by atoms with Crippen molar-refractivity contribution in [3.8, 4) is 0 Å². The number of hydrogen-bond donors (Lipinski definition) is 0. The Kier molecular flexibility index (Phi) is 3.43. The molecule has 0 aliphatic heterocycles. The van der Waals surface area contributed by atoms with E-state index < -0.39 is 0 Å². The average molecular weight is 274 g/mol. The van der Waals surface area contributed by atoms with Crippen molar-refractivity contribution in [3.63, 3.8) is 0 Å². The molecule has 3 nitrogen and oxygen atoms in total. The molecule has 6 heteroatoms. The van der Waals surface area contributed by atoms with Crippen LogP contribution in [0.3, 0.4) is 0 Å². The Bertz CT molecular complexity index is 531. The Hall–Kier alpha value is -1.10. The normalized spacial score (nSPS) is 11.1. The van der Waals surface area contributed by atoms with Crippen LogP contribution in [0.1, 0.15) is 15.2 Å². The fourth-order valence-electron chi connectivity index (χ4n) is 1.03. The first kappa shape index (κ1) is 11.4. The Morgan fingerprint density at radius 3 is 2.88 bits per heavy atom. The number of carbonyl (C=O) groups is 1. The van der Waals surface area contributed by atoms with Crippen molar-refractivity contribution in [2.24, 2.45) is 0 Å². The molecule has 0 fully saturated rings. The standard InChI is InChI=1S/C10H5Cl2NO2S/c11-8-9(16-13-10(8)12)7(14)2-1-6-3-4-15-5-6/h1-5H/b2-1+. The predicted molar refractivity (Wildman–Crippen MR) is 64.2 cm³/mol. The number of rotatable bonds is 3. The molecule has 0 aromatic carbocycles. The van der Waals surface area contributed by atoms with Crippen molar-refractivity contribution in [1.29, 1.82) is 0 Å². The van der Waals surface area contributed by atoms with E-state index in [2.05, 4.69) is 4.37 Å².